The van der Waals surface area contributed by atoms with E-state index in [1.54, 1.807) is 12.1 Å². The van der Waals surface area contributed by atoms with Crippen LogP contribution in [0.3, 0.4) is 0 Å². The fraction of sp³-hybridized carbons (Fsp3) is 0.533. The van der Waals surface area contributed by atoms with E-state index in [4.69, 9.17) is 5.73 Å². The number of hydrogen-bond donors (Lipinski definition) is 3. The highest BCUT2D eigenvalue weighted by molar-refractivity contribution is 7.90. The molecule has 7 heteroatoms. The van der Waals surface area contributed by atoms with Crippen LogP contribution in [0.25, 0.3) is 0 Å². The lowest BCUT2D eigenvalue weighted by Gasteiger charge is -2.26. The third-order valence-electron chi connectivity index (χ3n) is 4.05. The molecule has 2 rings (SSSR count). The minimum absolute atomic E-state index is 0.0472. The average Bonchev–Trinajstić information content (AvgIpc) is 2.49. The fourth-order valence-electron chi connectivity index (χ4n) is 2.60. The highest BCUT2D eigenvalue weighted by Crippen LogP contribution is 2.23. The third kappa shape index (κ3) is 4.45. The van der Waals surface area contributed by atoms with Crippen LogP contribution in [-0.2, 0) is 16.6 Å². The molecule has 6 nitrogen and oxygen atoms in total. The van der Waals surface area contributed by atoms with E-state index in [1.807, 2.05) is 0 Å². The Labute approximate surface area is 131 Å². The normalized spacial score (nSPS) is 22.1. The summed E-state index contributed by atoms with van der Waals surface area (Å²) in [6.45, 7) is 2.53. The van der Waals surface area contributed by atoms with Gasteiger partial charge in [0.2, 0.25) is 0 Å². The molecule has 122 valence electrons. The van der Waals surface area contributed by atoms with Crippen molar-refractivity contribution in [2.24, 2.45) is 11.7 Å². The van der Waals surface area contributed by atoms with Gasteiger partial charge in [0.1, 0.15) is 0 Å². The molecule has 4 N–H and O–H groups in total. The summed E-state index contributed by atoms with van der Waals surface area (Å²) in [4.78, 5) is 11.9. The summed E-state index contributed by atoms with van der Waals surface area (Å²) in [5.74, 6) is 0.672. The first-order chi connectivity index (χ1) is 10.4. The van der Waals surface area contributed by atoms with Crippen molar-refractivity contribution in [3.8, 4) is 0 Å². The van der Waals surface area contributed by atoms with E-state index in [1.165, 1.54) is 12.1 Å². The van der Waals surface area contributed by atoms with Crippen molar-refractivity contribution in [3.05, 3.63) is 29.8 Å². The van der Waals surface area contributed by atoms with E-state index >= 15 is 0 Å². The van der Waals surface area contributed by atoms with Gasteiger partial charge in [-0.3, -0.25) is 0 Å². The Bertz CT molecular complexity index is 605. The van der Waals surface area contributed by atoms with E-state index < -0.39 is 16.1 Å². The summed E-state index contributed by atoms with van der Waals surface area (Å²) in [7, 11) is -3.85. The lowest BCUT2D eigenvalue weighted by Crippen LogP contribution is -2.45. The molecule has 1 fully saturated rings. The lowest BCUT2D eigenvalue weighted by molar-refractivity contribution is 0.233. The van der Waals surface area contributed by atoms with Gasteiger partial charge in [-0.05, 0) is 49.3 Å². The smallest absolute Gasteiger partial charge is 0.328 e. The van der Waals surface area contributed by atoms with Crippen LogP contribution in [0.4, 0.5) is 4.79 Å². The highest BCUT2D eigenvalue weighted by atomic mass is 32.2. The Morgan fingerprint density at radius 3 is 2.32 bits per heavy atom. The number of carbonyl (C=O) groups is 1. The van der Waals surface area contributed by atoms with Gasteiger partial charge < -0.3 is 11.1 Å². The van der Waals surface area contributed by atoms with Crippen molar-refractivity contribution in [1.82, 2.24) is 10.0 Å². The van der Waals surface area contributed by atoms with Gasteiger partial charge in [-0.15, -0.1) is 0 Å². The molecule has 0 aromatic heterocycles. The second-order valence-electron chi connectivity index (χ2n) is 5.88. The summed E-state index contributed by atoms with van der Waals surface area (Å²) in [5.41, 5.74) is 6.31. The van der Waals surface area contributed by atoms with Crippen LogP contribution >= 0.6 is 0 Å². The van der Waals surface area contributed by atoms with Gasteiger partial charge in [-0.1, -0.05) is 19.1 Å². The summed E-state index contributed by atoms with van der Waals surface area (Å²) < 4.78 is 26.3. The van der Waals surface area contributed by atoms with Crippen molar-refractivity contribution in [2.45, 2.75) is 50.1 Å². The second-order valence-corrected chi connectivity index (χ2v) is 7.57. The molecule has 0 atom stereocenters. The van der Waals surface area contributed by atoms with E-state index in [-0.39, 0.29) is 10.9 Å². The molecular formula is C15H23N3O3S. The summed E-state index contributed by atoms with van der Waals surface area (Å²) in [6, 6.07) is 5.54. The van der Waals surface area contributed by atoms with Crippen molar-refractivity contribution < 1.29 is 13.2 Å². The number of nitrogens with two attached hydrogens (primary N) is 1. The Balaban J connectivity index is 1.94. The van der Waals surface area contributed by atoms with Gasteiger partial charge >= 0.3 is 6.03 Å². The SMILES string of the molecule is CC1CCC(NC(=O)NS(=O)(=O)c2ccc(CN)cc2)CC1. The standard InChI is InChI=1S/C15H23N3O3S/c1-11-2-6-13(7-3-11)17-15(19)18-22(20,21)14-8-4-12(10-16)5-9-14/h4-5,8-9,11,13H,2-3,6-7,10,16H2,1H3,(H2,17,18,19). The zero-order valence-electron chi connectivity index (χ0n) is 12.7. The number of sulfonamides is 1. The van der Waals surface area contributed by atoms with E-state index in [0.717, 1.165) is 31.2 Å². The number of amides is 2. The van der Waals surface area contributed by atoms with Gasteiger partial charge in [0.25, 0.3) is 10.0 Å². The molecule has 0 saturated heterocycles. The van der Waals surface area contributed by atoms with Crippen LogP contribution < -0.4 is 15.8 Å². The van der Waals surface area contributed by atoms with Gasteiger partial charge in [-0.2, -0.15) is 0 Å². The van der Waals surface area contributed by atoms with E-state index in [2.05, 4.69) is 17.0 Å². The average molecular weight is 325 g/mol. The predicted octanol–water partition coefficient (Wildman–Crippen LogP) is 1.71. The predicted molar refractivity (Wildman–Crippen MR) is 84.6 cm³/mol. The Morgan fingerprint density at radius 2 is 1.77 bits per heavy atom. The Morgan fingerprint density at radius 1 is 1.18 bits per heavy atom. The molecule has 1 saturated carbocycles. The van der Waals surface area contributed by atoms with Crippen LogP contribution in [0.2, 0.25) is 0 Å². The molecule has 0 radical (unpaired) electrons. The van der Waals surface area contributed by atoms with Crippen molar-refractivity contribution in [3.63, 3.8) is 0 Å². The molecule has 1 aromatic rings. The maximum absolute atomic E-state index is 12.1. The molecule has 22 heavy (non-hydrogen) atoms. The number of nitrogens with one attached hydrogen (secondary N) is 2. The molecule has 0 unspecified atom stereocenters. The minimum Gasteiger partial charge on any atom is -0.335 e. The maximum Gasteiger partial charge on any atom is 0.328 e. The Kier molecular flexibility index (Phi) is 5.42. The number of rotatable bonds is 4. The molecule has 0 heterocycles. The van der Waals surface area contributed by atoms with Gasteiger partial charge in [0, 0.05) is 12.6 Å². The first-order valence-corrected chi connectivity index (χ1v) is 9.01. The quantitative estimate of drug-likeness (QED) is 0.784. The van der Waals surface area contributed by atoms with Crippen LogP contribution in [-0.4, -0.2) is 20.5 Å². The van der Waals surface area contributed by atoms with Gasteiger partial charge in [0.15, 0.2) is 0 Å². The first-order valence-electron chi connectivity index (χ1n) is 7.53. The van der Waals surface area contributed by atoms with Crippen LogP contribution in [0.15, 0.2) is 29.2 Å². The molecule has 2 amide bonds. The molecule has 0 spiro atoms. The first kappa shape index (κ1) is 16.8. The molecule has 1 aliphatic carbocycles. The zero-order chi connectivity index (χ0) is 16.2. The number of urea groups is 1. The third-order valence-corrected chi connectivity index (χ3v) is 5.39. The van der Waals surface area contributed by atoms with E-state index in [0.29, 0.717) is 12.5 Å². The fourth-order valence-corrected chi connectivity index (χ4v) is 3.52. The van der Waals surface area contributed by atoms with Crippen molar-refractivity contribution in [2.75, 3.05) is 0 Å². The van der Waals surface area contributed by atoms with Crippen LogP contribution in [0.1, 0.15) is 38.2 Å². The number of hydrogen-bond acceptors (Lipinski definition) is 4. The lowest BCUT2D eigenvalue weighted by atomic mass is 9.87. The highest BCUT2D eigenvalue weighted by Gasteiger charge is 2.22. The zero-order valence-corrected chi connectivity index (χ0v) is 13.5. The minimum atomic E-state index is -3.85. The topological polar surface area (TPSA) is 101 Å². The van der Waals surface area contributed by atoms with Crippen LogP contribution in [0, 0.1) is 5.92 Å². The summed E-state index contributed by atoms with van der Waals surface area (Å²) >= 11 is 0. The molecule has 1 aromatic carbocycles. The largest absolute Gasteiger partial charge is 0.335 e. The number of carbonyl (C=O) groups excluding carboxylic acids is 1. The van der Waals surface area contributed by atoms with Gasteiger partial charge in [-0.25, -0.2) is 17.9 Å². The molecular weight excluding hydrogens is 302 g/mol. The monoisotopic (exact) mass is 325 g/mol. The van der Waals surface area contributed by atoms with Crippen molar-refractivity contribution in [1.29, 1.82) is 0 Å². The van der Waals surface area contributed by atoms with Gasteiger partial charge in [0.05, 0.1) is 4.90 Å². The van der Waals surface area contributed by atoms with E-state index in [9.17, 15) is 13.2 Å². The number of benzene rings is 1. The molecule has 1 aliphatic rings. The van der Waals surface area contributed by atoms with Crippen molar-refractivity contribution >= 4 is 16.1 Å². The Hall–Kier alpha value is -1.60. The second kappa shape index (κ2) is 7.11. The molecule has 0 aliphatic heterocycles. The summed E-state index contributed by atoms with van der Waals surface area (Å²) in [6.07, 6.45) is 3.89. The van der Waals surface area contributed by atoms with Crippen LogP contribution in [0.5, 0.6) is 0 Å². The molecule has 0 bridgehead atoms. The summed E-state index contributed by atoms with van der Waals surface area (Å²) in [5, 5.41) is 2.74. The maximum atomic E-state index is 12.1.